The van der Waals surface area contributed by atoms with Crippen LogP contribution in [0.3, 0.4) is 0 Å². The second kappa shape index (κ2) is 7.98. The van der Waals surface area contributed by atoms with Crippen molar-refractivity contribution >= 4 is 11.8 Å². The average molecular weight is 416 g/mol. The van der Waals surface area contributed by atoms with Gasteiger partial charge in [-0.15, -0.1) is 0 Å². The Morgan fingerprint density at radius 1 is 0.935 bits per heavy atom. The van der Waals surface area contributed by atoms with Crippen molar-refractivity contribution in [1.29, 1.82) is 0 Å². The van der Waals surface area contributed by atoms with Gasteiger partial charge in [0.05, 0.1) is 17.7 Å². The SMILES string of the molecule is O=C(c1cccnc1)N1CCC2(CC1)CN(C(=O)c1ccccc1)CC2c1ncco1. The van der Waals surface area contributed by atoms with Crippen molar-refractivity contribution < 1.29 is 14.0 Å². The quantitative estimate of drug-likeness (QED) is 0.655. The summed E-state index contributed by atoms with van der Waals surface area (Å²) in [6.07, 6.45) is 8.12. The Balaban J connectivity index is 1.36. The van der Waals surface area contributed by atoms with E-state index in [1.165, 1.54) is 0 Å². The zero-order valence-corrected chi connectivity index (χ0v) is 17.2. The molecule has 7 heteroatoms. The Hall–Kier alpha value is -3.48. The lowest BCUT2D eigenvalue weighted by atomic mass is 9.70. The number of benzene rings is 1. The van der Waals surface area contributed by atoms with Crippen LogP contribution in [0.2, 0.25) is 0 Å². The first-order valence-electron chi connectivity index (χ1n) is 10.6. The largest absolute Gasteiger partial charge is 0.449 e. The monoisotopic (exact) mass is 416 g/mol. The van der Waals surface area contributed by atoms with Gasteiger partial charge in [-0.3, -0.25) is 14.6 Å². The molecule has 2 amide bonds. The maximum absolute atomic E-state index is 13.1. The number of carbonyl (C=O) groups is 2. The molecule has 1 unspecified atom stereocenters. The molecular weight excluding hydrogens is 392 g/mol. The van der Waals surface area contributed by atoms with Crippen molar-refractivity contribution in [2.24, 2.45) is 5.41 Å². The summed E-state index contributed by atoms with van der Waals surface area (Å²) >= 11 is 0. The van der Waals surface area contributed by atoms with Gasteiger partial charge in [0.15, 0.2) is 5.89 Å². The number of hydrogen-bond acceptors (Lipinski definition) is 5. The fourth-order valence-corrected chi connectivity index (χ4v) is 4.97. The van der Waals surface area contributed by atoms with Gasteiger partial charge in [-0.1, -0.05) is 18.2 Å². The van der Waals surface area contributed by atoms with Gasteiger partial charge in [0, 0.05) is 49.6 Å². The van der Waals surface area contributed by atoms with Crippen LogP contribution in [-0.4, -0.2) is 57.8 Å². The third-order valence-corrected chi connectivity index (χ3v) is 6.66. The molecule has 2 aliphatic heterocycles. The van der Waals surface area contributed by atoms with Crippen LogP contribution in [0, 0.1) is 5.41 Å². The molecule has 1 spiro atoms. The van der Waals surface area contributed by atoms with Crippen molar-refractivity contribution in [2.45, 2.75) is 18.8 Å². The first kappa shape index (κ1) is 19.5. The third-order valence-electron chi connectivity index (χ3n) is 6.66. The van der Waals surface area contributed by atoms with Crippen LogP contribution in [0.5, 0.6) is 0 Å². The number of piperidine rings is 1. The molecular formula is C24H24N4O3. The van der Waals surface area contributed by atoms with Crippen LogP contribution in [0.1, 0.15) is 45.4 Å². The Kier molecular flexibility index (Phi) is 5.02. The van der Waals surface area contributed by atoms with E-state index in [0.29, 0.717) is 43.2 Å². The minimum absolute atomic E-state index is 0.00541. The Morgan fingerprint density at radius 3 is 2.35 bits per heavy atom. The summed E-state index contributed by atoms with van der Waals surface area (Å²) in [5.41, 5.74) is 1.14. The molecule has 31 heavy (non-hydrogen) atoms. The summed E-state index contributed by atoms with van der Waals surface area (Å²) in [5.74, 6) is 0.731. The molecule has 0 saturated carbocycles. The Morgan fingerprint density at radius 2 is 1.68 bits per heavy atom. The van der Waals surface area contributed by atoms with Crippen molar-refractivity contribution in [1.82, 2.24) is 19.8 Å². The molecule has 158 valence electrons. The molecule has 3 aromatic rings. The van der Waals surface area contributed by atoms with E-state index in [1.807, 2.05) is 40.1 Å². The van der Waals surface area contributed by atoms with E-state index in [2.05, 4.69) is 9.97 Å². The molecule has 1 atom stereocenters. The highest BCUT2D eigenvalue weighted by Crippen LogP contribution is 2.49. The summed E-state index contributed by atoms with van der Waals surface area (Å²) in [6, 6.07) is 12.9. The van der Waals surface area contributed by atoms with E-state index in [0.717, 1.165) is 12.8 Å². The van der Waals surface area contributed by atoms with Gasteiger partial charge in [0.25, 0.3) is 11.8 Å². The van der Waals surface area contributed by atoms with E-state index in [1.54, 1.807) is 37.0 Å². The number of nitrogens with zero attached hydrogens (tertiary/aromatic N) is 4. The summed E-state index contributed by atoms with van der Waals surface area (Å²) in [6.45, 7) is 2.49. The predicted octanol–water partition coefficient (Wildman–Crippen LogP) is 3.23. The minimum atomic E-state index is -0.152. The maximum Gasteiger partial charge on any atom is 0.255 e. The number of aromatic nitrogens is 2. The Labute approximate surface area is 180 Å². The van der Waals surface area contributed by atoms with Crippen LogP contribution in [0.4, 0.5) is 0 Å². The normalized spacial score (nSPS) is 20.2. The van der Waals surface area contributed by atoms with Gasteiger partial charge < -0.3 is 14.2 Å². The van der Waals surface area contributed by atoms with Gasteiger partial charge in [0.2, 0.25) is 0 Å². The second-order valence-corrected chi connectivity index (χ2v) is 8.37. The van der Waals surface area contributed by atoms with E-state index >= 15 is 0 Å². The number of pyridine rings is 1. The molecule has 2 aliphatic rings. The minimum Gasteiger partial charge on any atom is -0.449 e. The molecule has 0 N–H and O–H groups in total. The fourth-order valence-electron chi connectivity index (χ4n) is 4.97. The second-order valence-electron chi connectivity index (χ2n) is 8.37. The topological polar surface area (TPSA) is 79.5 Å². The summed E-state index contributed by atoms with van der Waals surface area (Å²) in [4.78, 5) is 38.3. The molecule has 2 fully saturated rings. The molecule has 0 bridgehead atoms. The van der Waals surface area contributed by atoms with E-state index in [4.69, 9.17) is 4.42 Å². The zero-order valence-electron chi connectivity index (χ0n) is 17.2. The molecule has 0 aliphatic carbocycles. The van der Waals surface area contributed by atoms with Gasteiger partial charge in [-0.25, -0.2) is 4.98 Å². The van der Waals surface area contributed by atoms with Crippen molar-refractivity contribution in [3.05, 3.63) is 84.3 Å². The first-order chi connectivity index (χ1) is 15.2. The lowest BCUT2D eigenvalue weighted by Gasteiger charge is -2.41. The van der Waals surface area contributed by atoms with Gasteiger partial charge in [0.1, 0.15) is 6.26 Å². The number of rotatable bonds is 3. The smallest absolute Gasteiger partial charge is 0.255 e. The van der Waals surface area contributed by atoms with Gasteiger partial charge >= 0.3 is 0 Å². The number of hydrogen-bond donors (Lipinski definition) is 0. The number of carbonyl (C=O) groups excluding carboxylic acids is 2. The molecule has 2 saturated heterocycles. The van der Waals surface area contributed by atoms with Crippen LogP contribution in [0.15, 0.2) is 71.7 Å². The Bertz CT molecular complexity index is 1040. The van der Waals surface area contributed by atoms with Gasteiger partial charge in [-0.2, -0.15) is 0 Å². The molecule has 4 heterocycles. The number of oxazole rings is 1. The van der Waals surface area contributed by atoms with Crippen molar-refractivity contribution in [3.63, 3.8) is 0 Å². The van der Waals surface area contributed by atoms with E-state index < -0.39 is 0 Å². The maximum atomic E-state index is 13.1. The summed E-state index contributed by atoms with van der Waals surface area (Å²) < 4.78 is 5.68. The highest BCUT2D eigenvalue weighted by Gasteiger charge is 2.52. The molecule has 2 aromatic heterocycles. The van der Waals surface area contributed by atoms with Crippen LogP contribution >= 0.6 is 0 Å². The standard InChI is InChI=1S/C24H24N4O3/c29-22(18-5-2-1-3-6-18)28-16-20(21-26-11-14-31-21)24(17-28)8-12-27(13-9-24)23(30)19-7-4-10-25-15-19/h1-7,10-11,14-15,20H,8-9,12-13,16-17H2. The predicted molar refractivity (Wildman–Crippen MR) is 113 cm³/mol. The highest BCUT2D eigenvalue weighted by atomic mass is 16.3. The lowest BCUT2D eigenvalue weighted by Crippen LogP contribution is -2.46. The van der Waals surface area contributed by atoms with Crippen LogP contribution < -0.4 is 0 Å². The van der Waals surface area contributed by atoms with Gasteiger partial charge in [-0.05, 0) is 37.1 Å². The van der Waals surface area contributed by atoms with Crippen molar-refractivity contribution in [3.8, 4) is 0 Å². The summed E-state index contributed by atoms with van der Waals surface area (Å²) in [7, 11) is 0. The number of amides is 2. The molecule has 5 rings (SSSR count). The fraction of sp³-hybridized carbons (Fsp3) is 0.333. The highest BCUT2D eigenvalue weighted by molar-refractivity contribution is 5.95. The molecule has 1 aromatic carbocycles. The third kappa shape index (κ3) is 3.60. The lowest BCUT2D eigenvalue weighted by molar-refractivity contribution is 0.0529. The molecule has 7 nitrogen and oxygen atoms in total. The van der Waals surface area contributed by atoms with Crippen LogP contribution in [0.25, 0.3) is 0 Å². The number of likely N-dealkylation sites (tertiary alicyclic amines) is 2. The van der Waals surface area contributed by atoms with E-state index in [-0.39, 0.29) is 23.1 Å². The molecule has 0 radical (unpaired) electrons. The van der Waals surface area contributed by atoms with Crippen LogP contribution in [-0.2, 0) is 0 Å². The zero-order chi connectivity index (χ0) is 21.3. The average Bonchev–Trinajstić information content (AvgIpc) is 3.48. The first-order valence-corrected chi connectivity index (χ1v) is 10.6. The van der Waals surface area contributed by atoms with E-state index in [9.17, 15) is 9.59 Å². The summed E-state index contributed by atoms with van der Waals surface area (Å²) in [5, 5.41) is 0. The van der Waals surface area contributed by atoms with Crippen molar-refractivity contribution in [2.75, 3.05) is 26.2 Å².